The molecule has 26 heavy (non-hydrogen) atoms. The number of hydrogen-bond donors (Lipinski definition) is 2. The zero-order chi connectivity index (χ0) is 19.8. The average Bonchev–Trinajstić information content (AvgIpc) is 2.46. The second-order valence-corrected chi connectivity index (χ2v) is 10.7. The molecule has 2 rings (SSSR count). The van der Waals surface area contributed by atoms with Gasteiger partial charge in [-0.25, -0.2) is 16.8 Å². The molecule has 0 atom stereocenters. The van der Waals surface area contributed by atoms with Crippen molar-refractivity contribution in [1.82, 2.24) is 0 Å². The molecule has 0 amide bonds. The number of nitrogens with one attached hydrogen (secondary N) is 2. The van der Waals surface area contributed by atoms with E-state index in [4.69, 9.17) is 0 Å². The summed E-state index contributed by atoms with van der Waals surface area (Å²) in [4.78, 5) is 0.225. The third-order valence-electron chi connectivity index (χ3n) is 3.78. The van der Waals surface area contributed by atoms with Crippen LogP contribution in [0.1, 0.15) is 31.9 Å². The molecule has 0 saturated carbocycles. The molecule has 0 aliphatic rings. The first-order valence-electron chi connectivity index (χ1n) is 8.00. The van der Waals surface area contributed by atoms with Gasteiger partial charge in [0.15, 0.2) is 0 Å². The molecule has 0 unspecified atom stereocenters. The first-order valence-corrected chi connectivity index (χ1v) is 11.4. The Labute approximate surface area is 155 Å². The van der Waals surface area contributed by atoms with Crippen molar-refractivity contribution in [2.75, 3.05) is 15.7 Å². The highest BCUT2D eigenvalue weighted by Gasteiger charge is 2.21. The van der Waals surface area contributed by atoms with Crippen molar-refractivity contribution in [3.63, 3.8) is 0 Å². The molecular weight excluding hydrogens is 372 g/mol. The number of aryl methyl sites for hydroxylation is 1. The van der Waals surface area contributed by atoms with Crippen molar-refractivity contribution in [3.8, 4) is 0 Å². The summed E-state index contributed by atoms with van der Waals surface area (Å²) >= 11 is 0. The Hall–Kier alpha value is -2.06. The van der Waals surface area contributed by atoms with E-state index in [9.17, 15) is 16.8 Å². The van der Waals surface area contributed by atoms with Gasteiger partial charge in [-0.3, -0.25) is 9.44 Å². The first kappa shape index (κ1) is 20.3. The summed E-state index contributed by atoms with van der Waals surface area (Å²) in [5.41, 5.74) is 2.12. The first-order chi connectivity index (χ1) is 11.8. The topological polar surface area (TPSA) is 92.3 Å². The Morgan fingerprint density at radius 2 is 1.31 bits per heavy atom. The van der Waals surface area contributed by atoms with E-state index in [0.29, 0.717) is 16.9 Å². The molecule has 0 aromatic heterocycles. The monoisotopic (exact) mass is 396 g/mol. The van der Waals surface area contributed by atoms with E-state index in [1.165, 1.54) is 24.3 Å². The maximum Gasteiger partial charge on any atom is 0.262 e. The van der Waals surface area contributed by atoms with Gasteiger partial charge in [0.1, 0.15) is 0 Å². The molecule has 0 saturated heterocycles. The van der Waals surface area contributed by atoms with Crippen LogP contribution in [-0.2, 0) is 25.5 Å². The summed E-state index contributed by atoms with van der Waals surface area (Å²) in [6.45, 7) is 7.82. The van der Waals surface area contributed by atoms with Crippen molar-refractivity contribution in [1.29, 1.82) is 0 Å². The molecule has 0 aliphatic heterocycles. The van der Waals surface area contributed by atoms with E-state index in [-0.39, 0.29) is 10.3 Å². The number of rotatable bonds is 5. The molecule has 0 heterocycles. The number of hydrogen-bond acceptors (Lipinski definition) is 4. The molecule has 0 spiro atoms. The molecular formula is C18H24N2O4S2. The lowest BCUT2D eigenvalue weighted by atomic mass is 9.87. The van der Waals surface area contributed by atoms with Crippen molar-refractivity contribution >= 4 is 31.4 Å². The largest absolute Gasteiger partial charge is 0.284 e. The molecule has 2 aromatic rings. The van der Waals surface area contributed by atoms with Gasteiger partial charge in [0.25, 0.3) is 10.0 Å². The van der Waals surface area contributed by atoms with Crippen LogP contribution < -0.4 is 9.44 Å². The molecule has 0 bridgehead atoms. The van der Waals surface area contributed by atoms with Gasteiger partial charge in [-0.2, -0.15) is 0 Å². The summed E-state index contributed by atoms with van der Waals surface area (Å²) in [5.74, 6) is 0. The second-order valence-electron chi connectivity index (χ2n) is 7.29. The fourth-order valence-corrected chi connectivity index (χ4v) is 4.28. The maximum absolute atomic E-state index is 12.8. The van der Waals surface area contributed by atoms with Crippen molar-refractivity contribution in [2.45, 2.75) is 38.0 Å². The minimum Gasteiger partial charge on any atom is -0.284 e. The van der Waals surface area contributed by atoms with Crippen LogP contribution in [0.25, 0.3) is 0 Å². The minimum atomic E-state index is -3.76. The van der Waals surface area contributed by atoms with Gasteiger partial charge in [-0.15, -0.1) is 0 Å². The Morgan fingerprint density at radius 3 is 1.77 bits per heavy atom. The lowest BCUT2D eigenvalue weighted by molar-refractivity contribution is 0.584. The molecule has 2 N–H and O–H groups in total. The van der Waals surface area contributed by atoms with E-state index < -0.39 is 20.0 Å². The van der Waals surface area contributed by atoms with Crippen LogP contribution in [0.15, 0.2) is 47.4 Å². The van der Waals surface area contributed by atoms with Crippen LogP contribution in [0, 0.1) is 6.92 Å². The maximum atomic E-state index is 12.8. The highest BCUT2D eigenvalue weighted by molar-refractivity contribution is 7.92. The van der Waals surface area contributed by atoms with Gasteiger partial charge < -0.3 is 0 Å². The Balaban J connectivity index is 2.32. The lowest BCUT2D eigenvalue weighted by Gasteiger charge is -2.21. The lowest BCUT2D eigenvalue weighted by Crippen LogP contribution is -2.17. The van der Waals surface area contributed by atoms with Gasteiger partial charge >= 0.3 is 0 Å². The van der Waals surface area contributed by atoms with Crippen LogP contribution in [-0.4, -0.2) is 23.1 Å². The third kappa shape index (κ3) is 5.22. The van der Waals surface area contributed by atoms with Gasteiger partial charge in [0, 0.05) is 11.4 Å². The van der Waals surface area contributed by atoms with Gasteiger partial charge in [-0.05, 0) is 53.8 Å². The highest BCUT2D eigenvalue weighted by atomic mass is 32.2. The van der Waals surface area contributed by atoms with E-state index in [1.807, 2.05) is 26.8 Å². The van der Waals surface area contributed by atoms with Crippen LogP contribution in [0.4, 0.5) is 11.4 Å². The molecule has 0 radical (unpaired) electrons. The van der Waals surface area contributed by atoms with E-state index in [0.717, 1.165) is 11.8 Å². The summed E-state index contributed by atoms with van der Waals surface area (Å²) in [5, 5.41) is 0. The number of sulfonamides is 2. The minimum absolute atomic E-state index is 0.170. The number of anilines is 2. The van der Waals surface area contributed by atoms with Gasteiger partial charge in [-0.1, -0.05) is 32.9 Å². The summed E-state index contributed by atoms with van der Waals surface area (Å²) in [6.07, 6.45) is 1.05. The fraction of sp³-hybridized carbons (Fsp3) is 0.333. The average molecular weight is 397 g/mol. The molecule has 6 nitrogen and oxygen atoms in total. The zero-order valence-electron chi connectivity index (χ0n) is 15.5. The molecule has 8 heteroatoms. The van der Waals surface area contributed by atoms with Crippen molar-refractivity contribution in [3.05, 3.63) is 53.6 Å². The van der Waals surface area contributed by atoms with Crippen molar-refractivity contribution in [2.24, 2.45) is 0 Å². The van der Waals surface area contributed by atoms with E-state index in [1.54, 1.807) is 19.1 Å². The highest BCUT2D eigenvalue weighted by Crippen LogP contribution is 2.28. The molecule has 2 aromatic carbocycles. The number of benzene rings is 2. The van der Waals surface area contributed by atoms with Crippen LogP contribution >= 0.6 is 0 Å². The fourth-order valence-electron chi connectivity index (χ4n) is 2.39. The van der Waals surface area contributed by atoms with E-state index in [2.05, 4.69) is 9.44 Å². The zero-order valence-corrected chi connectivity index (χ0v) is 17.1. The molecule has 142 valence electrons. The molecule has 0 fully saturated rings. The van der Waals surface area contributed by atoms with E-state index >= 15 is 0 Å². The summed E-state index contributed by atoms with van der Waals surface area (Å²) < 4.78 is 52.9. The Morgan fingerprint density at radius 1 is 0.808 bits per heavy atom. The van der Waals surface area contributed by atoms with Gasteiger partial charge in [0.2, 0.25) is 10.0 Å². The molecule has 0 aliphatic carbocycles. The summed E-state index contributed by atoms with van der Waals surface area (Å²) in [7, 11) is -7.14. The normalized spacial score (nSPS) is 12.7. The van der Waals surface area contributed by atoms with Crippen LogP contribution in [0.3, 0.4) is 0 Å². The predicted octanol–water partition coefficient (Wildman–Crippen LogP) is 3.46. The standard InChI is InChI=1S/C18H24N2O4S2/c1-13-6-7-14(18(2,3)4)12-17(13)26(23,24)20-16-10-8-15(9-11-16)19-25(5,21)22/h6-12,19-20H,1-5H3. The Kier molecular flexibility index (Phi) is 5.39. The van der Waals surface area contributed by atoms with Crippen LogP contribution in [0.5, 0.6) is 0 Å². The predicted molar refractivity (Wildman–Crippen MR) is 106 cm³/mol. The second kappa shape index (κ2) is 6.92. The Bertz CT molecular complexity index is 1000. The SMILES string of the molecule is Cc1ccc(C(C)(C)C)cc1S(=O)(=O)Nc1ccc(NS(C)(=O)=O)cc1. The summed E-state index contributed by atoms with van der Waals surface area (Å²) in [6, 6.07) is 11.4. The van der Waals surface area contributed by atoms with Crippen molar-refractivity contribution < 1.29 is 16.8 Å². The van der Waals surface area contributed by atoms with Gasteiger partial charge in [0.05, 0.1) is 11.2 Å². The van der Waals surface area contributed by atoms with Crippen LogP contribution in [0.2, 0.25) is 0 Å². The smallest absolute Gasteiger partial charge is 0.262 e. The quantitative estimate of drug-likeness (QED) is 0.809. The third-order valence-corrected chi connectivity index (χ3v) is 5.91.